The smallest absolute Gasteiger partial charge is 0.270 e. The Kier molecular flexibility index (Phi) is 7.86. The molecule has 0 atom stereocenters. The lowest BCUT2D eigenvalue weighted by molar-refractivity contribution is -0.119. The summed E-state index contributed by atoms with van der Waals surface area (Å²) in [6.45, 7) is 0. The number of halogens is 1. The highest BCUT2D eigenvalue weighted by molar-refractivity contribution is 6.39. The van der Waals surface area contributed by atoms with Crippen molar-refractivity contribution >= 4 is 39.4 Å². The highest BCUT2D eigenvalue weighted by Crippen LogP contribution is 2.29. The molecule has 1 aromatic heterocycles. The van der Waals surface area contributed by atoms with Gasteiger partial charge in [0.1, 0.15) is 33.0 Å². The molecule has 0 saturated heterocycles. The second-order valence-corrected chi connectivity index (χ2v) is 6.37. The number of aromatic nitrogens is 1. The van der Waals surface area contributed by atoms with Crippen molar-refractivity contribution in [2.24, 2.45) is 11.5 Å². The van der Waals surface area contributed by atoms with Gasteiger partial charge in [-0.15, -0.1) is 0 Å². The number of nitrogens with one attached hydrogen (secondary N) is 3. The van der Waals surface area contributed by atoms with E-state index in [0.29, 0.717) is 11.8 Å². The molecule has 0 saturated carbocycles. The van der Waals surface area contributed by atoms with E-state index in [1.54, 1.807) is 0 Å². The lowest BCUT2D eigenvalue weighted by Gasteiger charge is -2.22. The van der Waals surface area contributed by atoms with Crippen LogP contribution in [0.4, 0.5) is 15.9 Å². The second-order valence-electron chi connectivity index (χ2n) is 6.37. The molecule has 0 aliphatic rings. The summed E-state index contributed by atoms with van der Waals surface area (Å²) < 4.78 is 19.1. The van der Waals surface area contributed by atoms with Gasteiger partial charge in [0.25, 0.3) is 5.91 Å². The van der Waals surface area contributed by atoms with Gasteiger partial charge in [0.05, 0.1) is 18.5 Å². The van der Waals surface area contributed by atoms with Gasteiger partial charge in [-0.25, -0.2) is 9.37 Å². The Morgan fingerprint density at radius 1 is 1.25 bits per heavy atom. The first-order chi connectivity index (χ1) is 15.0. The number of pyridine rings is 1. The van der Waals surface area contributed by atoms with Gasteiger partial charge in [0, 0.05) is 23.4 Å². The summed E-state index contributed by atoms with van der Waals surface area (Å²) >= 11 is 0. The van der Waals surface area contributed by atoms with Crippen molar-refractivity contribution in [1.29, 1.82) is 0 Å². The van der Waals surface area contributed by atoms with Gasteiger partial charge in [-0.2, -0.15) is 0 Å². The lowest BCUT2D eigenvalue weighted by Crippen LogP contribution is -2.51. The fourth-order valence-electron chi connectivity index (χ4n) is 2.40. The summed E-state index contributed by atoms with van der Waals surface area (Å²) in [4.78, 5) is 27.1. The average Bonchev–Trinajstić information content (AvgIpc) is 2.72. The predicted octanol–water partition coefficient (Wildman–Crippen LogP) is -0.407. The van der Waals surface area contributed by atoms with Crippen LogP contribution in [-0.4, -0.2) is 50.6 Å². The molecule has 0 bridgehead atoms. The molecule has 1 amide bonds. The van der Waals surface area contributed by atoms with Crippen molar-refractivity contribution in [2.45, 2.75) is 5.52 Å². The Hall–Kier alpha value is -3.99. The van der Waals surface area contributed by atoms with Gasteiger partial charge >= 0.3 is 0 Å². The number of carbonyl (C=O) groups is 2. The monoisotopic (exact) mass is 436 g/mol. The van der Waals surface area contributed by atoms with Crippen LogP contribution in [0, 0.1) is 5.82 Å². The van der Waals surface area contributed by atoms with Gasteiger partial charge in [-0.3, -0.25) is 9.59 Å². The van der Waals surface area contributed by atoms with E-state index in [1.165, 1.54) is 49.7 Å². The predicted molar refractivity (Wildman–Crippen MR) is 118 cm³/mol. The zero-order chi connectivity index (χ0) is 23.9. The van der Waals surface area contributed by atoms with Crippen LogP contribution in [0.25, 0.3) is 0 Å². The quantitative estimate of drug-likeness (QED) is 0.101. The summed E-state index contributed by atoms with van der Waals surface area (Å²) in [7, 11) is 11.6. The number of nitrogens with two attached hydrogens (primary N) is 2. The van der Waals surface area contributed by atoms with Gasteiger partial charge < -0.3 is 37.3 Å². The van der Waals surface area contributed by atoms with Crippen molar-refractivity contribution in [3.05, 3.63) is 71.2 Å². The minimum absolute atomic E-state index is 0.0410. The number of amides is 1. The van der Waals surface area contributed by atoms with Gasteiger partial charge in [-0.05, 0) is 24.3 Å². The molecule has 1 aromatic carbocycles. The number of methoxy groups -OCH3 is 1. The van der Waals surface area contributed by atoms with E-state index in [2.05, 4.69) is 15.6 Å². The van der Waals surface area contributed by atoms with E-state index >= 15 is 0 Å². The number of rotatable bonds is 9. The van der Waals surface area contributed by atoms with Crippen molar-refractivity contribution in [2.75, 3.05) is 17.7 Å². The maximum Gasteiger partial charge on any atom is 0.270 e. The van der Waals surface area contributed by atoms with Crippen molar-refractivity contribution in [1.82, 2.24) is 10.3 Å². The number of anilines is 2. The molecular weight excluding hydrogens is 417 g/mol. The molecule has 2 aromatic rings. The Morgan fingerprint density at radius 2 is 1.97 bits per heavy atom. The number of nitrogens with zero attached hydrogens (tertiary/aromatic N) is 1. The van der Waals surface area contributed by atoms with E-state index in [1.807, 2.05) is 5.32 Å². The van der Waals surface area contributed by atoms with Crippen LogP contribution in [-0.2, 0) is 4.79 Å². The Balaban J connectivity index is 2.43. The summed E-state index contributed by atoms with van der Waals surface area (Å²) in [5.74, 6) is -1.63. The Labute approximate surface area is 185 Å². The molecule has 162 valence electrons. The Morgan fingerprint density at radius 3 is 2.53 bits per heavy atom. The standard InChI is InChI=1S/C19H19B2FN6O4/c1-32-17-11(22)3-2-4-12(17)26-13(16(24)18(30)28-19(20,21)31)7-14(23)27-15-6-5-10(9-29)8-25-15/h2-9,26,31H,23-24H2,1H3,(H,25,27)(H,28,30)/b14-7+,16-13+. The first kappa shape index (κ1) is 24.3. The number of carbonyl (C=O) groups excluding carboxylic acids is 2. The molecular formula is C19H19B2FN6O4. The average molecular weight is 436 g/mol. The van der Waals surface area contributed by atoms with E-state index in [9.17, 15) is 19.1 Å². The number of hydrogen-bond acceptors (Lipinski definition) is 9. The number of benzene rings is 1. The Bertz CT molecular complexity index is 1050. The van der Waals surface area contributed by atoms with Crippen LogP contribution in [0.1, 0.15) is 10.4 Å². The maximum absolute atomic E-state index is 14.1. The largest absolute Gasteiger partial charge is 0.492 e. The minimum Gasteiger partial charge on any atom is -0.492 e. The van der Waals surface area contributed by atoms with Crippen LogP contribution in [0.3, 0.4) is 0 Å². The van der Waals surface area contributed by atoms with Crippen molar-refractivity contribution in [3.8, 4) is 5.75 Å². The molecule has 1 heterocycles. The maximum atomic E-state index is 14.1. The number of aldehydes is 1. The molecule has 0 aliphatic heterocycles. The third-order valence-electron chi connectivity index (χ3n) is 3.78. The first-order valence-electron chi connectivity index (χ1n) is 8.91. The van der Waals surface area contributed by atoms with E-state index < -0.39 is 22.9 Å². The highest BCUT2D eigenvalue weighted by Gasteiger charge is 2.20. The van der Waals surface area contributed by atoms with Crippen LogP contribution < -0.4 is 32.2 Å². The summed E-state index contributed by atoms with van der Waals surface area (Å²) in [6.07, 6.45) is 3.16. The van der Waals surface area contributed by atoms with E-state index in [-0.39, 0.29) is 28.8 Å². The summed E-state index contributed by atoms with van der Waals surface area (Å²) in [5.41, 5.74) is 9.18. The molecule has 0 spiro atoms. The number of hydrogen-bond donors (Lipinski definition) is 6. The fraction of sp³-hybridized carbons (Fsp3) is 0.105. The summed E-state index contributed by atoms with van der Waals surface area (Å²) in [6, 6.07) is 7.04. The fourth-order valence-corrected chi connectivity index (χ4v) is 2.40. The van der Waals surface area contributed by atoms with Crippen LogP contribution in [0.2, 0.25) is 0 Å². The molecule has 32 heavy (non-hydrogen) atoms. The normalized spacial score (nSPS) is 12.4. The molecule has 0 fully saturated rings. The molecule has 4 radical (unpaired) electrons. The minimum atomic E-state index is -2.54. The van der Waals surface area contributed by atoms with Crippen LogP contribution in [0.5, 0.6) is 5.75 Å². The molecule has 8 N–H and O–H groups in total. The number of allylic oxidation sites excluding steroid dienone is 1. The van der Waals surface area contributed by atoms with Crippen LogP contribution >= 0.6 is 0 Å². The zero-order valence-corrected chi connectivity index (χ0v) is 16.9. The number of aliphatic hydroxyl groups is 1. The molecule has 13 heteroatoms. The molecule has 0 unspecified atom stereocenters. The van der Waals surface area contributed by atoms with E-state index in [0.717, 1.165) is 0 Å². The third-order valence-corrected chi connectivity index (χ3v) is 3.78. The SMILES string of the molecule is [B]C([B])(O)NC(=O)/C(N)=C(/C=C(\N)Nc1ccc(C=O)cn1)Nc1cccc(F)c1OC. The molecule has 0 aliphatic carbocycles. The highest BCUT2D eigenvalue weighted by atomic mass is 19.1. The second kappa shape index (κ2) is 10.4. The zero-order valence-electron chi connectivity index (χ0n) is 16.9. The van der Waals surface area contributed by atoms with Crippen LogP contribution in [0.15, 0.2) is 59.8 Å². The van der Waals surface area contributed by atoms with Gasteiger partial charge in [0.2, 0.25) is 0 Å². The molecule has 10 nitrogen and oxygen atoms in total. The topological polar surface area (TPSA) is 165 Å². The first-order valence-corrected chi connectivity index (χ1v) is 8.91. The van der Waals surface area contributed by atoms with Crippen molar-refractivity contribution < 1.29 is 23.8 Å². The van der Waals surface area contributed by atoms with Gasteiger partial charge in [0.15, 0.2) is 17.9 Å². The van der Waals surface area contributed by atoms with Crippen molar-refractivity contribution in [3.63, 3.8) is 0 Å². The lowest BCUT2D eigenvalue weighted by atomic mass is 9.73. The van der Waals surface area contributed by atoms with Gasteiger partial charge in [-0.1, -0.05) is 6.07 Å². The number of ether oxygens (including phenoxy) is 1. The third kappa shape index (κ3) is 6.77. The van der Waals surface area contributed by atoms with E-state index in [4.69, 9.17) is 31.9 Å². The summed E-state index contributed by atoms with van der Waals surface area (Å²) in [5, 5.41) is 16.8. The molecule has 2 rings (SSSR count). The number of para-hydroxylation sites is 1.